The van der Waals surface area contributed by atoms with E-state index in [4.69, 9.17) is 5.11 Å². The molecule has 8 nitrogen and oxygen atoms in total. The van der Waals surface area contributed by atoms with Crippen molar-refractivity contribution in [3.63, 3.8) is 0 Å². The molecule has 0 unspecified atom stereocenters. The Hall–Kier alpha value is -1.90. The standard InChI is InChI=1S/C8H9N5O3S/c1-4-6(16)9-7-10-11-8(13(7)12-4)17-3-2-5(14)15/h2-3H2,1H3,(H,14,15)(H,9,10,16). The summed E-state index contributed by atoms with van der Waals surface area (Å²) in [5.74, 6) is -0.252. The normalized spacial score (nSPS) is 10.9. The molecule has 2 heterocycles. The predicted molar refractivity (Wildman–Crippen MR) is 59.1 cm³/mol. The Morgan fingerprint density at radius 2 is 2.29 bits per heavy atom. The van der Waals surface area contributed by atoms with E-state index in [2.05, 4.69) is 20.3 Å². The maximum Gasteiger partial charge on any atom is 0.304 e. The Morgan fingerprint density at radius 3 is 3.00 bits per heavy atom. The van der Waals surface area contributed by atoms with Crippen molar-refractivity contribution < 1.29 is 9.90 Å². The number of fused-ring (bicyclic) bond motifs is 1. The Morgan fingerprint density at radius 1 is 1.53 bits per heavy atom. The summed E-state index contributed by atoms with van der Waals surface area (Å²) in [7, 11) is 0. The molecule has 0 radical (unpaired) electrons. The lowest BCUT2D eigenvalue weighted by Gasteiger charge is -1.97. The van der Waals surface area contributed by atoms with E-state index in [-0.39, 0.29) is 17.8 Å². The topological polar surface area (TPSA) is 113 Å². The van der Waals surface area contributed by atoms with Gasteiger partial charge in [0.15, 0.2) is 0 Å². The highest BCUT2D eigenvalue weighted by molar-refractivity contribution is 7.99. The van der Waals surface area contributed by atoms with Gasteiger partial charge in [-0.1, -0.05) is 11.8 Å². The van der Waals surface area contributed by atoms with Crippen molar-refractivity contribution in [2.45, 2.75) is 18.5 Å². The molecule has 0 saturated carbocycles. The molecule has 2 rings (SSSR count). The Bertz CT molecular complexity index is 619. The van der Waals surface area contributed by atoms with E-state index in [0.29, 0.717) is 16.6 Å². The van der Waals surface area contributed by atoms with Gasteiger partial charge in [0.25, 0.3) is 11.3 Å². The Kier molecular flexibility index (Phi) is 3.09. The zero-order valence-corrected chi connectivity index (χ0v) is 9.69. The summed E-state index contributed by atoms with van der Waals surface area (Å²) in [6.07, 6.45) is 0.0297. The number of carboxylic acid groups (broad SMARTS) is 1. The van der Waals surface area contributed by atoms with Crippen LogP contribution in [-0.4, -0.2) is 41.6 Å². The van der Waals surface area contributed by atoms with Gasteiger partial charge in [-0.2, -0.15) is 9.61 Å². The van der Waals surface area contributed by atoms with Crippen molar-refractivity contribution >= 4 is 23.5 Å². The average molecular weight is 255 g/mol. The molecule has 2 aromatic rings. The van der Waals surface area contributed by atoms with Crippen molar-refractivity contribution in [3.05, 3.63) is 16.0 Å². The van der Waals surface area contributed by atoms with E-state index in [1.165, 1.54) is 16.3 Å². The SMILES string of the molecule is Cc1nn2c(SCCC(=O)O)nnc2[nH]c1=O. The first-order valence-corrected chi connectivity index (χ1v) is 5.73. The molecule has 90 valence electrons. The summed E-state index contributed by atoms with van der Waals surface area (Å²) in [6, 6.07) is 0. The van der Waals surface area contributed by atoms with E-state index >= 15 is 0 Å². The monoisotopic (exact) mass is 255 g/mol. The lowest BCUT2D eigenvalue weighted by Crippen LogP contribution is -2.15. The van der Waals surface area contributed by atoms with Crippen LogP contribution >= 0.6 is 11.8 Å². The van der Waals surface area contributed by atoms with Crippen molar-refractivity contribution in [2.75, 3.05) is 5.75 Å². The minimum atomic E-state index is -0.871. The van der Waals surface area contributed by atoms with Crippen LogP contribution in [0.1, 0.15) is 12.1 Å². The number of aliphatic carboxylic acids is 1. The maximum atomic E-state index is 11.3. The Balaban J connectivity index is 2.26. The molecule has 0 aliphatic heterocycles. The van der Waals surface area contributed by atoms with Gasteiger partial charge in [-0.3, -0.25) is 14.6 Å². The molecule has 0 aromatic carbocycles. The molecule has 0 aliphatic carbocycles. The number of nitrogens with zero attached hydrogens (tertiary/aromatic N) is 4. The summed E-state index contributed by atoms with van der Waals surface area (Å²) < 4.78 is 1.39. The highest BCUT2D eigenvalue weighted by Gasteiger charge is 2.10. The van der Waals surface area contributed by atoms with Gasteiger partial charge >= 0.3 is 5.97 Å². The zero-order valence-electron chi connectivity index (χ0n) is 8.88. The van der Waals surface area contributed by atoms with Crippen LogP contribution in [0.3, 0.4) is 0 Å². The van der Waals surface area contributed by atoms with Crippen molar-refractivity contribution in [3.8, 4) is 0 Å². The van der Waals surface area contributed by atoms with Crippen molar-refractivity contribution in [2.24, 2.45) is 0 Å². The summed E-state index contributed by atoms with van der Waals surface area (Å²) in [5, 5.41) is 20.6. The maximum absolute atomic E-state index is 11.3. The molecule has 9 heteroatoms. The number of hydrogen-bond donors (Lipinski definition) is 2. The van der Waals surface area contributed by atoms with Gasteiger partial charge in [0.2, 0.25) is 5.16 Å². The molecule has 0 atom stereocenters. The fraction of sp³-hybridized carbons (Fsp3) is 0.375. The highest BCUT2D eigenvalue weighted by atomic mass is 32.2. The second kappa shape index (κ2) is 4.53. The molecule has 2 N–H and O–H groups in total. The number of rotatable bonds is 4. The molecule has 0 fully saturated rings. The average Bonchev–Trinajstić information content (AvgIpc) is 2.62. The third-order valence-electron chi connectivity index (χ3n) is 1.96. The molecule has 0 aliphatic rings. The van der Waals surface area contributed by atoms with Crippen LogP contribution in [0.25, 0.3) is 5.78 Å². The number of aromatic nitrogens is 5. The van der Waals surface area contributed by atoms with Gasteiger partial charge in [-0.05, 0) is 6.92 Å². The fourth-order valence-corrected chi connectivity index (χ4v) is 1.95. The van der Waals surface area contributed by atoms with Crippen molar-refractivity contribution in [1.29, 1.82) is 0 Å². The first-order chi connectivity index (χ1) is 8.08. The molecule has 2 aromatic heterocycles. The lowest BCUT2D eigenvalue weighted by atomic mass is 10.5. The lowest BCUT2D eigenvalue weighted by molar-refractivity contribution is -0.136. The summed E-state index contributed by atoms with van der Waals surface area (Å²) in [6.45, 7) is 1.57. The van der Waals surface area contributed by atoms with Crippen LogP contribution < -0.4 is 5.56 Å². The fourth-order valence-electron chi connectivity index (χ4n) is 1.14. The van der Waals surface area contributed by atoms with Gasteiger partial charge in [-0.25, -0.2) is 0 Å². The van der Waals surface area contributed by atoms with Gasteiger partial charge in [0.05, 0.1) is 6.42 Å². The summed E-state index contributed by atoms with van der Waals surface area (Å²) in [5.41, 5.74) is -0.00984. The predicted octanol–water partition coefficient (Wildman–Crippen LogP) is -0.312. The first kappa shape index (κ1) is 11.6. The number of hydrogen-bond acceptors (Lipinski definition) is 6. The number of carbonyl (C=O) groups is 1. The van der Waals surface area contributed by atoms with Gasteiger partial charge in [0, 0.05) is 5.75 Å². The van der Waals surface area contributed by atoms with Gasteiger partial charge < -0.3 is 5.11 Å². The van der Waals surface area contributed by atoms with E-state index in [1.54, 1.807) is 6.92 Å². The quantitative estimate of drug-likeness (QED) is 0.720. The number of H-pyrrole nitrogens is 1. The number of aryl methyl sites for hydroxylation is 1. The molecule has 0 amide bonds. The molecule has 0 saturated heterocycles. The summed E-state index contributed by atoms with van der Waals surface area (Å²) >= 11 is 1.22. The van der Waals surface area contributed by atoms with Crippen LogP contribution in [-0.2, 0) is 4.79 Å². The van der Waals surface area contributed by atoms with Crippen LogP contribution in [0.15, 0.2) is 9.95 Å². The van der Waals surface area contributed by atoms with Crippen LogP contribution in [0.5, 0.6) is 0 Å². The second-order valence-corrected chi connectivity index (χ2v) is 4.31. The van der Waals surface area contributed by atoms with E-state index in [9.17, 15) is 9.59 Å². The molecular formula is C8H9N5O3S. The van der Waals surface area contributed by atoms with Crippen molar-refractivity contribution in [1.82, 2.24) is 24.8 Å². The van der Waals surface area contributed by atoms with Crippen LogP contribution in [0.4, 0.5) is 0 Å². The molecular weight excluding hydrogens is 246 g/mol. The van der Waals surface area contributed by atoms with E-state index < -0.39 is 5.97 Å². The van der Waals surface area contributed by atoms with Crippen LogP contribution in [0.2, 0.25) is 0 Å². The van der Waals surface area contributed by atoms with E-state index in [1.807, 2.05) is 0 Å². The smallest absolute Gasteiger partial charge is 0.304 e. The molecule has 0 spiro atoms. The van der Waals surface area contributed by atoms with E-state index in [0.717, 1.165) is 0 Å². The van der Waals surface area contributed by atoms with Gasteiger partial charge in [0.1, 0.15) is 5.69 Å². The Labute approximate surface area is 99.1 Å². The van der Waals surface area contributed by atoms with Crippen LogP contribution in [0, 0.1) is 6.92 Å². The van der Waals surface area contributed by atoms with Gasteiger partial charge in [-0.15, -0.1) is 10.2 Å². The number of nitrogens with one attached hydrogen (secondary N) is 1. The highest BCUT2D eigenvalue weighted by Crippen LogP contribution is 2.15. The number of carboxylic acids is 1. The number of thioether (sulfide) groups is 1. The minimum Gasteiger partial charge on any atom is -0.481 e. The second-order valence-electron chi connectivity index (χ2n) is 3.25. The zero-order chi connectivity index (χ0) is 12.4. The minimum absolute atomic E-state index is 0.0297. The molecule has 0 bridgehead atoms. The molecule has 17 heavy (non-hydrogen) atoms. The summed E-state index contributed by atoms with van der Waals surface area (Å²) in [4.78, 5) is 24.2. The largest absolute Gasteiger partial charge is 0.481 e. The number of aromatic amines is 1. The third-order valence-corrected chi connectivity index (χ3v) is 2.88. The third kappa shape index (κ3) is 2.44. The first-order valence-electron chi connectivity index (χ1n) is 4.75.